The first-order chi connectivity index (χ1) is 9.31. The lowest BCUT2D eigenvalue weighted by Gasteiger charge is -2.24. The Morgan fingerprint density at radius 1 is 1.15 bits per heavy atom. The number of allylic oxidation sites excluding steroid dienone is 2. The van der Waals surface area contributed by atoms with Crippen LogP contribution in [0.15, 0.2) is 47.8 Å². The number of nitro groups is 1. The van der Waals surface area contributed by atoms with E-state index in [-0.39, 0.29) is 5.56 Å². The van der Waals surface area contributed by atoms with Crippen molar-refractivity contribution in [1.29, 1.82) is 0 Å². The molecule has 2 atom stereocenters. The fourth-order valence-corrected chi connectivity index (χ4v) is 1.82. The number of alkyl halides is 2. The zero-order chi connectivity index (χ0) is 15.1. The number of halogens is 5. The van der Waals surface area contributed by atoms with Gasteiger partial charge in [-0.15, -0.1) is 0 Å². The topological polar surface area (TPSA) is 43.1 Å². The van der Waals surface area contributed by atoms with Gasteiger partial charge in [-0.2, -0.15) is 8.78 Å². The Balaban J connectivity index is 2.68. The van der Waals surface area contributed by atoms with Crippen LogP contribution in [0.4, 0.5) is 22.0 Å². The summed E-state index contributed by atoms with van der Waals surface area (Å²) in [4.78, 5) is 8.36. The van der Waals surface area contributed by atoms with Crippen molar-refractivity contribution in [2.75, 3.05) is 0 Å². The van der Waals surface area contributed by atoms with E-state index in [0.717, 1.165) is 12.1 Å². The van der Waals surface area contributed by atoms with Crippen LogP contribution in [0.3, 0.4) is 0 Å². The van der Waals surface area contributed by atoms with E-state index in [2.05, 4.69) is 0 Å². The second-order valence-corrected chi connectivity index (χ2v) is 4.01. The predicted octanol–water partition coefficient (Wildman–Crippen LogP) is 3.81. The second kappa shape index (κ2) is 4.69. The molecular formula is C12H6F5NO2. The molecule has 0 heterocycles. The molecule has 0 fully saturated rings. The lowest BCUT2D eigenvalue weighted by molar-refractivity contribution is -0.605. The van der Waals surface area contributed by atoms with Crippen molar-refractivity contribution in [3.05, 3.63) is 63.5 Å². The largest absolute Gasteiger partial charge is 0.450 e. The number of hydrogen-bond donors (Lipinski definition) is 0. The maximum absolute atomic E-state index is 13.7. The van der Waals surface area contributed by atoms with Crippen molar-refractivity contribution >= 4 is 5.57 Å². The molecule has 3 nitrogen and oxygen atoms in total. The van der Waals surface area contributed by atoms with Gasteiger partial charge in [-0.1, -0.05) is 30.3 Å². The van der Waals surface area contributed by atoms with Crippen molar-refractivity contribution in [3.8, 4) is 0 Å². The second-order valence-electron chi connectivity index (χ2n) is 4.01. The fraction of sp³-hybridized carbons (Fsp3) is 0.167. The molecule has 1 aromatic carbocycles. The SMILES string of the molecule is O=[N+]([O-])C1(F)C(F)=C(F)C(c2ccccc2)=C(F)C1F. The summed E-state index contributed by atoms with van der Waals surface area (Å²) in [5.74, 6) is -11.4. The minimum absolute atomic E-state index is 0.259. The molecule has 1 aliphatic rings. The van der Waals surface area contributed by atoms with Gasteiger partial charge < -0.3 is 0 Å². The first-order valence-electron chi connectivity index (χ1n) is 5.30. The van der Waals surface area contributed by atoms with Gasteiger partial charge in [0.25, 0.3) is 12.0 Å². The summed E-state index contributed by atoms with van der Waals surface area (Å²) in [6.45, 7) is 0. The van der Waals surface area contributed by atoms with Gasteiger partial charge >= 0.3 is 5.79 Å². The van der Waals surface area contributed by atoms with Crippen LogP contribution in [0, 0.1) is 10.1 Å². The molecule has 0 aliphatic heterocycles. The van der Waals surface area contributed by atoms with E-state index >= 15 is 0 Å². The van der Waals surface area contributed by atoms with Gasteiger partial charge in [-0.3, -0.25) is 10.1 Å². The summed E-state index contributed by atoms with van der Waals surface area (Å²) in [5, 5.41) is 10.4. The number of nitrogens with zero attached hydrogens (tertiary/aromatic N) is 1. The lowest BCUT2D eigenvalue weighted by atomic mass is 9.91. The third kappa shape index (κ3) is 1.79. The highest BCUT2D eigenvalue weighted by Gasteiger charge is 2.64. The molecular weight excluding hydrogens is 285 g/mol. The van der Waals surface area contributed by atoms with E-state index in [1.165, 1.54) is 18.2 Å². The summed E-state index contributed by atoms with van der Waals surface area (Å²) in [6, 6.07) is 6.40. The van der Waals surface area contributed by atoms with E-state index < -0.39 is 39.9 Å². The first-order valence-corrected chi connectivity index (χ1v) is 5.30. The van der Waals surface area contributed by atoms with Crippen molar-refractivity contribution in [2.45, 2.75) is 12.0 Å². The Bertz CT molecular complexity index is 628. The summed E-state index contributed by atoms with van der Waals surface area (Å²) in [7, 11) is 0. The first kappa shape index (κ1) is 14.2. The minimum Gasteiger partial charge on any atom is -0.261 e. The van der Waals surface area contributed by atoms with Crippen LogP contribution in [-0.4, -0.2) is 16.9 Å². The molecule has 0 spiro atoms. The van der Waals surface area contributed by atoms with Crippen LogP contribution < -0.4 is 0 Å². The summed E-state index contributed by atoms with van der Waals surface area (Å²) in [6.07, 6.45) is -3.56. The molecule has 20 heavy (non-hydrogen) atoms. The minimum atomic E-state index is -4.59. The molecule has 0 bridgehead atoms. The number of benzene rings is 1. The molecule has 106 valence electrons. The molecule has 2 rings (SSSR count). The van der Waals surface area contributed by atoms with Crippen LogP contribution in [0.5, 0.6) is 0 Å². The van der Waals surface area contributed by atoms with E-state index in [1.54, 1.807) is 0 Å². The van der Waals surface area contributed by atoms with Crippen LogP contribution in [0.1, 0.15) is 5.56 Å². The average Bonchev–Trinajstić information content (AvgIpc) is 2.44. The Labute approximate surface area is 109 Å². The van der Waals surface area contributed by atoms with Crippen molar-refractivity contribution in [2.24, 2.45) is 0 Å². The van der Waals surface area contributed by atoms with Crippen molar-refractivity contribution < 1.29 is 26.9 Å². The smallest absolute Gasteiger partial charge is 0.261 e. The van der Waals surface area contributed by atoms with Crippen LogP contribution >= 0.6 is 0 Å². The highest BCUT2D eigenvalue weighted by molar-refractivity contribution is 5.81. The molecule has 2 unspecified atom stereocenters. The normalized spacial score (nSPS) is 26.9. The van der Waals surface area contributed by atoms with E-state index in [9.17, 15) is 32.1 Å². The Kier molecular flexibility index (Phi) is 3.33. The predicted molar refractivity (Wildman–Crippen MR) is 59.4 cm³/mol. The molecule has 0 amide bonds. The van der Waals surface area contributed by atoms with Gasteiger partial charge in [0.1, 0.15) is 0 Å². The summed E-state index contributed by atoms with van der Waals surface area (Å²) in [5.41, 5.74) is -1.42. The van der Waals surface area contributed by atoms with Gasteiger partial charge in [0.2, 0.25) is 0 Å². The Morgan fingerprint density at radius 2 is 1.70 bits per heavy atom. The molecule has 0 saturated heterocycles. The number of rotatable bonds is 2. The third-order valence-electron chi connectivity index (χ3n) is 2.85. The number of hydrogen-bond acceptors (Lipinski definition) is 2. The lowest BCUT2D eigenvalue weighted by Crippen LogP contribution is -2.46. The van der Waals surface area contributed by atoms with Gasteiger partial charge in [-0.25, -0.2) is 13.2 Å². The van der Waals surface area contributed by atoms with Crippen LogP contribution in [0.2, 0.25) is 0 Å². The van der Waals surface area contributed by atoms with E-state index in [4.69, 9.17) is 0 Å². The summed E-state index contributed by atoms with van der Waals surface area (Å²) < 4.78 is 68.1. The van der Waals surface area contributed by atoms with Gasteiger partial charge in [0, 0.05) is 0 Å². The molecule has 0 radical (unpaired) electrons. The van der Waals surface area contributed by atoms with Crippen molar-refractivity contribution in [1.82, 2.24) is 0 Å². The highest BCUT2D eigenvalue weighted by Crippen LogP contribution is 2.47. The standard InChI is InChI=1S/C12H6F5NO2/c13-8-7(6-4-2-1-3-5-6)9(14)11(16)12(17,10(8)15)18(19)20/h1-5,10H. The third-order valence-corrected chi connectivity index (χ3v) is 2.85. The molecule has 0 aromatic heterocycles. The van der Waals surface area contributed by atoms with Crippen LogP contribution in [0.25, 0.3) is 5.57 Å². The van der Waals surface area contributed by atoms with Gasteiger partial charge in [-0.05, 0) is 5.56 Å². The van der Waals surface area contributed by atoms with Crippen LogP contribution in [-0.2, 0) is 0 Å². The average molecular weight is 291 g/mol. The van der Waals surface area contributed by atoms with Crippen molar-refractivity contribution in [3.63, 3.8) is 0 Å². The van der Waals surface area contributed by atoms with Gasteiger partial charge in [0.15, 0.2) is 11.7 Å². The Hall–Kier alpha value is -2.25. The zero-order valence-corrected chi connectivity index (χ0v) is 9.62. The molecule has 0 saturated carbocycles. The molecule has 1 aliphatic carbocycles. The summed E-state index contributed by atoms with van der Waals surface area (Å²) >= 11 is 0. The fourth-order valence-electron chi connectivity index (χ4n) is 1.82. The van der Waals surface area contributed by atoms with Gasteiger partial charge in [0.05, 0.1) is 10.5 Å². The quantitative estimate of drug-likeness (QED) is 0.360. The van der Waals surface area contributed by atoms with E-state index in [1.807, 2.05) is 0 Å². The highest BCUT2D eigenvalue weighted by atomic mass is 19.2. The van der Waals surface area contributed by atoms with E-state index in [0.29, 0.717) is 0 Å². The molecule has 8 heteroatoms. The zero-order valence-electron chi connectivity index (χ0n) is 9.62. The molecule has 0 N–H and O–H groups in total. The maximum Gasteiger partial charge on any atom is 0.450 e. The maximum atomic E-state index is 13.7. The Morgan fingerprint density at radius 3 is 2.20 bits per heavy atom. The molecule has 1 aromatic rings. The monoisotopic (exact) mass is 291 g/mol.